The average molecular weight is 348 g/mol. The van der Waals surface area contributed by atoms with Gasteiger partial charge in [-0.3, -0.25) is 9.59 Å². The van der Waals surface area contributed by atoms with Crippen molar-refractivity contribution in [3.05, 3.63) is 24.0 Å². The van der Waals surface area contributed by atoms with Crippen LogP contribution in [0.3, 0.4) is 0 Å². The fourth-order valence-electron chi connectivity index (χ4n) is 3.27. The summed E-state index contributed by atoms with van der Waals surface area (Å²) < 4.78 is 2.05. The topological polar surface area (TPSA) is 45.6 Å². The molecule has 25 heavy (non-hydrogen) atoms. The molecule has 0 atom stereocenters. The molecular formula is C20H33N3O2. The maximum atomic E-state index is 13.0. The minimum atomic E-state index is 0.0519. The lowest BCUT2D eigenvalue weighted by atomic mass is 9.84. The number of aryl methyl sites for hydroxylation is 1. The van der Waals surface area contributed by atoms with Gasteiger partial charge in [-0.05, 0) is 37.3 Å². The third-order valence-corrected chi connectivity index (χ3v) is 4.93. The summed E-state index contributed by atoms with van der Waals surface area (Å²) in [4.78, 5) is 29.3. The third-order valence-electron chi connectivity index (χ3n) is 4.93. The molecule has 0 aliphatic heterocycles. The van der Waals surface area contributed by atoms with Gasteiger partial charge >= 0.3 is 0 Å². The Bertz CT molecular complexity index is 575. The van der Waals surface area contributed by atoms with Gasteiger partial charge in [0.05, 0.1) is 13.1 Å². The molecule has 2 amide bonds. The Hall–Kier alpha value is -1.78. The Labute approximate surface area is 152 Å². The van der Waals surface area contributed by atoms with E-state index < -0.39 is 0 Å². The smallest absolute Gasteiger partial charge is 0.242 e. The minimum Gasteiger partial charge on any atom is -0.353 e. The zero-order valence-corrected chi connectivity index (χ0v) is 16.2. The predicted octanol–water partition coefficient (Wildman–Crippen LogP) is 3.05. The third kappa shape index (κ3) is 5.35. The highest BCUT2D eigenvalue weighted by atomic mass is 16.2. The van der Waals surface area contributed by atoms with E-state index in [2.05, 4.69) is 20.8 Å². The molecule has 0 unspecified atom stereocenters. The highest BCUT2D eigenvalue weighted by Crippen LogP contribution is 2.28. The molecule has 0 aromatic carbocycles. The van der Waals surface area contributed by atoms with Crippen molar-refractivity contribution in [1.29, 1.82) is 0 Å². The normalized spacial score (nSPS) is 14.4. The van der Waals surface area contributed by atoms with Crippen molar-refractivity contribution in [3.8, 4) is 0 Å². The second kappa shape index (κ2) is 9.07. The fraction of sp³-hybridized carbons (Fsp3) is 0.700. The predicted molar refractivity (Wildman–Crippen MR) is 99.9 cm³/mol. The highest BCUT2D eigenvalue weighted by molar-refractivity contribution is 5.86. The Kier molecular flexibility index (Phi) is 7.09. The zero-order valence-electron chi connectivity index (χ0n) is 16.2. The first-order valence-corrected chi connectivity index (χ1v) is 9.59. The summed E-state index contributed by atoms with van der Waals surface area (Å²) in [6.07, 6.45) is 5.97. The molecule has 5 heteroatoms. The second-order valence-electron chi connectivity index (χ2n) is 7.67. The molecule has 0 spiro atoms. The van der Waals surface area contributed by atoms with Crippen molar-refractivity contribution in [1.82, 2.24) is 14.4 Å². The van der Waals surface area contributed by atoms with Gasteiger partial charge in [-0.15, -0.1) is 0 Å². The van der Waals surface area contributed by atoms with Crippen molar-refractivity contribution in [2.24, 2.45) is 18.9 Å². The summed E-state index contributed by atoms with van der Waals surface area (Å²) in [7, 11) is 2.00. The van der Waals surface area contributed by atoms with Gasteiger partial charge in [-0.25, -0.2) is 0 Å². The van der Waals surface area contributed by atoms with Gasteiger partial charge in [0.25, 0.3) is 0 Å². The number of carbonyl (C=O) groups excluding carboxylic acids is 2. The van der Waals surface area contributed by atoms with Gasteiger partial charge in [0.15, 0.2) is 0 Å². The largest absolute Gasteiger partial charge is 0.353 e. The first-order valence-electron chi connectivity index (χ1n) is 9.59. The molecule has 0 bridgehead atoms. The summed E-state index contributed by atoms with van der Waals surface area (Å²) >= 11 is 0. The molecule has 140 valence electrons. The van der Waals surface area contributed by atoms with Crippen LogP contribution >= 0.6 is 0 Å². The summed E-state index contributed by atoms with van der Waals surface area (Å²) in [6, 6.07) is 4.04. The summed E-state index contributed by atoms with van der Waals surface area (Å²) in [6.45, 7) is 8.48. The van der Waals surface area contributed by atoms with E-state index in [1.165, 1.54) is 0 Å². The number of carbonyl (C=O) groups is 2. The number of nitrogens with zero attached hydrogens (tertiary/aromatic N) is 3. The van der Waals surface area contributed by atoms with Gasteiger partial charge in [-0.1, -0.05) is 27.2 Å². The Balaban J connectivity index is 2.05. The van der Waals surface area contributed by atoms with E-state index in [0.29, 0.717) is 25.6 Å². The fourth-order valence-corrected chi connectivity index (χ4v) is 3.27. The van der Waals surface area contributed by atoms with Crippen LogP contribution in [0.2, 0.25) is 0 Å². The molecule has 0 N–H and O–H groups in total. The van der Waals surface area contributed by atoms with Crippen LogP contribution in [0.5, 0.6) is 0 Å². The van der Waals surface area contributed by atoms with Crippen LogP contribution in [0, 0.1) is 11.8 Å². The molecule has 1 aromatic heterocycles. The average Bonchev–Trinajstić information content (AvgIpc) is 2.89. The second-order valence-corrected chi connectivity index (χ2v) is 7.67. The molecule has 1 aliphatic rings. The van der Waals surface area contributed by atoms with Gasteiger partial charge in [0.1, 0.15) is 0 Å². The van der Waals surface area contributed by atoms with E-state index >= 15 is 0 Å². The van der Waals surface area contributed by atoms with Crippen LogP contribution in [0.1, 0.15) is 52.1 Å². The number of hydrogen-bond donors (Lipinski definition) is 0. The highest BCUT2D eigenvalue weighted by Gasteiger charge is 2.31. The first kappa shape index (κ1) is 19.5. The molecule has 1 fully saturated rings. The monoisotopic (exact) mass is 347 g/mol. The molecular weight excluding hydrogens is 314 g/mol. The van der Waals surface area contributed by atoms with Crippen LogP contribution in [0.15, 0.2) is 18.3 Å². The standard InChI is InChI=1S/C20H33N3O2/c1-5-11-22(20(25)17-8-6-9-17)15-19(24)23(13-16(2)3)14-18-10-7-12-21(18)4/h7,10,12,16-17H,5-6,8-9,11,13-15H2,1-4H3. The van der Waals surface area contributed by atoms with E-state index in [4.69, 9.17) is 0 Å². The summed E-state index contributed by atoms with van der Waals surface area (Å²) in [5.74, 6) is 0.762. The van der Waals surface area contributed by atoms with Crippen LogP contribution in [-0.4, -0.2) is 45.8 Å². The van der Waals surface area contributed by atoms with Gasteiger partial charge in [0.2, 0.25) is 11.8 Å². The Morgan fingerprint density at radius 2 is 2.00 bits per heavy atom. The van der Waals surface area contributed by atoms with E-state index in [0.717, 1.165) is 31.4 Å². The van der Waals surface area contributed by atoms with Crippen molar-refractivity contribution in [2.75, 3.05) is 19.6 Å². The van der Waals surface area contributed by atoms with Gasteiger partial charge in [0, 0.05) is 37.9 Å². The first-order chi connectivity index (χ1) is 11.9. The molecule has 1 saturated carbocycles. The Morgan fingerprint density at radius 3 is 2.48 bits per heavy atom. The number of amides is 2. The number of rotatable bonds is 9. The molecule has 1 aliphatic carbocycles. The molecule has 2 rings (SSSR count). The van der Waals surface area contributed by atoms with Crippen LogP contribution in [0.25, 0.3) is 0 Å². The van der Waals surface area contributed by atoms with Crippen molar-refractivity contribution >= 4 is 11.8 Å². The molecule has 5 nitrogen and oxygen atoms in total. The van der Waals surface area contributed by atoms with Crippen molar-refractivity contribution in [3.63, 3.8) is 0 Å². The van der Waals surface area contributed by atoms with E-state index in [9.17, 15) is 9.59 Å². The molecule has 0 saturated heterocycles. The molecule has 1 aromatic rings. The SMILES string of the molecule is CCCN(CC(=O)N(Cc1cccn1C)CC(C)C)C(=O)C1CCC1. The lowest BCUT2D eigenvalue weighted by molar-refractivity contribution is -0.145. The number of hydrogen-bond acceptors (Lipinski definition) is 2. The molecule has 0 radical (unpaired) electrons. The van der Waals surface area contributed by atoms with Crippen LogP contribution in [0.4, 0.5) is 0 Å². The van der Waals surface area contributed by atoms with E-state index in [1.807, 2.05) is 34.8 Å². The summed E-state index contributed by atoms with van der Waals surface area (Å²) in [5, 5.41) is 0. The maximum absolute atomic E-state index is 13.0. The van der Waals surface area contributed by atoms with Gasteiger partial charge < -0.3 is 14.4 Å². The zero-order chi connectivity index (χ0) is 18.4. The molecule has 1 heterocycles. The quantitative estimate of drug-likeness (QED) is 0.689. The minimum absolute atomic E-state index is 0.0519. The lowest BCUT2D eigenvalue weighted by Crippen LogP contribution is -2.47. The van der Waals surface area contributed by atoms with Crippen LogP contribution in [-0.2, 0) is 23.2 Å². The maximum Gasteiger partial charge on any atom is 0.242 e. The Morgan fingerprint density at radius 1 is 1.28 bits per heavy atom. The van der Waals surface area contributed by atoms with Crippen LogP contribution < -0.4 is 0 Å². The van der Waals surface area contributed by atoms with Crippen molar-refractivity contribution in [2.45, 2.75) is 53.0 Å². The van der Waals surface area contributed by atoms with Crippen molar-refractivity contribution < 1.29 is 9.59 Å². The lowest BCUT2D eigenvalue weighted by Gasteiger charge is -2.33. The van der Waals surface area contributed by atoms with E-state index in [1.54, 1.807) is 4.90 Å². The summed E-state index contributed by atoms with van der Waals surface area (Å²) in [5.41, 5.74) is 1.11. The number of aromatic nitrogens is 1. The van der Waals surface area contributed by atoms with Gasteiger partial charge in [-0.2, -0.15) is 0 Å². The van der Waals surface area contributed by atoms with E-state index in [-0.39, 0.29) is 24.3 Å².